The highest BCUT2D eigenvalue weighted by Crippen LogP contribution is 2.35. The third-order valence-corrected chi connectivity index (χ3v) is 5.13. The summed E-state index contributed by atoms with van der Waals surface area (Å²) in [5, 5.41) is 2.79. The number of ketones is 1. The number of halogens is 4. The van der Waals surface area contributed by atoms with Gasteiger partial charge in [-0.2, -0.15) is 13.2 Å². The maximum atomic E-state index is 13.2. The van der Waals surface area contributed by atoms with Gasteiger partial charge >= 0.3 is 6.18 Å². The summed E-state index contributed by atoms with van der Waals surface area (Å²) >= 11 is 0. The van der Waals surface area contributed by atoms with Crippen molar-refractivity contribution in [3.8, 4) is 11.5 Å². The fraction of sp³-hybridized carbons (Fsp3) is 0.391. The van der Waals surface area contributed by atoms with Crippen LogP contribution in [0.1, 0.15) is 45.7 Å². The minimum Gasteiger partial charge on any atom is -0.493 e. The van der Waals surface area contributed by atoms with Crippen molar-refractivity contribution >= 4 is 29.8 Å². The van der Waals surface area contributed by atoms with Gasteiger partial charge in [0.15, 0.2) is 0 Å². The Morgan fingerprint density at radius 1 is 1.06 bits per heavy atom. The Labute approximate surface area is 196 Å². The number of benzene rings is 2. The number of amides is 1. The normalized spacial score (nSPS) is 13.5. The molecule has 0 atom stereocenters. The molecule has 0 saturated heterocycles. The number of hydrogen-bond acceptors (Lipinski definition) is 5. The number of hydrogen-bond donors (Lipinski definition) is 1. The van der Waals surface area contributed by atoms with E-state index in [-0.39, 0.29) is 42.7 Å². The van der Waals surface area contributed by atoms with Gasteiger partial charge in [-0.25, -0.2) is 0 Å². The van der Waals surface area contributed by atoms with Gasteiger partial charge in [0, 0.05) is 24.8 Å². The van der Waals surface area contributed by atoms with E-state index in [2.05, 4.69) is 10.2 Å². The van der Waals surface area contributed by atoms with Gasteiger partial charge in [0.25, 0.3) is 11.7 Å². The summed E-state index contributed by atoms with van der Waals surface area (Å²) in [7, 11) is 2.00. The smallest absolute Gasteiger partial charge is 0.455 e. The van der Waals surface area contributed by atoms with Crippen LogP contribution in [0.15, 0.2) is 30.3 Å². The van der Waals surface area contributed by atoms with Gasteiger partial charge in [0.2, 0.25) is 0 Å². The third-order valence-electron chi connectivity index (χ3n) is 5.13. The van der Waals surface area contributed by atoms with E-state index in [1.807, 2.05) is 19.2 Å². The molecule has 6 nitrogen and oxygen atoms in total. The van der Waals surface area contributed by atoms with Gasteiger partial charge in [-0.15, -0.1) is 12.4 Å². The standard InChI is InChI=1S/C23H25F3N2O4.ClH/c1-4-31-19-12-20(32-5-2)17(11-16(19)21(29)23(24,25)26)22(30)27-18-8-6-7-14-13-28(3)10-9-15(14)18;/h6-8,11-12H,4-5,9-10,13H2,1-3H3,(H,27,30);1H. The summed E-state index contributed by atoms with van der Waals surface area (Å²) in [5.41, 5.74) is 1.73. The first-order chi connectivity index (χ1) is 15.2. The Hall–Kier alpha value is -2.78. The number of likely N-dealkylation sites (N-methyl/N-ethyl adjacent to an activating group) is 1. The van der Waals surface area contributed by atoms with Crippen molar-refractivity contribution in [3.05, 3.63) is 52.6 Å². The highest BCUT2D eigenvalue weighted by molar-refractivity contribution is 6.10. The molecule has 2 aromatic carbocycles. The van der Waals surface area contributed by atoms with Crippen LogP contribution in [0.4, 0.5) is 18.9 Å². The number of ether oxygens (including phenoxy) is 2. The second kappa shape index (κ2) is 10.9. The Kier molecular flexibility index (Phi) is 8.74. The van der Waals surface area contributed by atoms with Gasteiger partial charge < -0.3 is 19.7 Å². The summed E-state index contributed by atoms with van der Waals surface area (Å²) in [6.45, 7) is 5.03. The number of anilines is 1. The van der Waals surface area contributed by atoms with Crippen molar-refractivity contribution < 1.29 is 32.2 Å². The molecule has 10 heteroatoms. The van der Waals surface area contributed by atoms with Gasteiger partial charge in [0.05, 0.1) is 24.3 Å². The van der Waals surface area contributed by atoms with E-state index < -0.39 is 23.4 Å². The first kappa shape index (κ1) is 26.5. The molecule has 0 fully saturated rings. The second-order valence-electron chi connectivity index (χ2n) is 7.42. The van der Waals surface area contributed by atoms with E-state index in [0.29, 0.717) is 5.69 Å². The highest BCUT2D eigenvalue weighted by atomic mass is 35.5. The molecule has 33 heavy (non-hydrogen) atoms. The minimum atomic E-state index is -5.11. The molecule has 2 aromatic rings. The topological polar surface area (TPSA) is 67.9 Å². The lowest BCUT2D eigenvalue weighted by molar-refractivity contribution is -0.0886. The summed E-state index contributed by atoms with van der Waals surface area (Å²) in [5.74, 6) is -3.00. The molecule has 0 aliphatic carbocycles. The number of rotatable bonds is 7. The van der Waals surface area contributed by atoms with Crippen molar-refractivity contribution in [3.63, 3.8) is 0 Å². The Morgan fingerprint density at radius 2 is 1.70 bits per heavy atom. The van der Waals surface area contributed by atoms with Gasteiger partial charge in [-0.3, -0.25) is 9.59 Å². The van der Waals surface area contributed by atoms with Crippen LogP contribution in [0.5, 0.6) is 11.5 Å². The Morgan fingerprint density at radius 3 is 2.30 bits per heavy atom. The average Bonchev–Trinajstić information content (AvgIpc) is 2.73. The van der Waals surface area contributed by atoms with Crippen molar-refractivity contribution in [2.45, 2.75) is 33.0 Å². The van der Waals surface area contributed by atoms with E-state index in [1.165, 1.54) is 0 Å². The number of carbonyl (C=O) groups is 2. The van der Waals surface area contributed by atoms with Crippen LogP contribution in [0, 0.1) is 0 Å². The minimum absolute atomic E-state index is 0. The van der Waals surface area contributed by atoms with Crippen molar-refractivity contribution in [1.82, 2.24) is 4.90 Å². The summed E-state index contributed by atoms with van der Waals surface area (Å²) in [4.78, 5) is 27.3. The molecule has 180 valence electrons. The molecular formula is C23H26ClF3N2O4. The molecule has 1 N–H and O–H groups in total. The molecule has 0 unspecified atom stereocenters. The zero-order valence-corrected chi connectivity index (χ0v) is 19.4. The molecule has 1 heterocycles. The molecule has 0 bridgehead atoms. The molecule has 1 aliphatic rings. The third kappa shape index (κ3) is 5.97. The maximum absolute atomic E-state index is 13.2. The predicted octanol–water partition coefficient (Wildman–Crippen LogP) is 4.89. The lowest BCUT2D eigenvalue weighted by Gasteiger charge is -2.27. The zero-order valence-electron chi connectivity index (χ0n) is 18.5. The molecule has 3 rings (SSSR count). The average molecular weight is 487 g/mol. The number of nitrogens with zero attached hydrogens (tertiary/aromatic N) is 1. The number of Topliss-reactive ketones (excluding diaryl/α,β-unsaturated/α-hetero) is 1. The molecule has 0 spiro atoms. The monoisotopic (exact) mass is 486 g/mol. The van der Waals surface area contributed by atoms with Crippen LogP contribution in [0.3, 0.4) is 0 Å². The predicted molar refractivity (Wildman–Crippen MR) is 121 cm³/mol. The molecule has 1 amide bonds. The van der Waals surface area contributed by atoms with Crippen LogP contribution < -0.4 is 14.8 Å². The van der Waals surface area contributed by atoms with Gasteiger partial charge in [0.1, 0.15) is 11.5 Å². The first-order valence-electron chi connectivity index (χ1n) is 10.3. The lowest BCUT2D eigenvalue weighted by atomic mass is 9.97. The number of alkyl halides is 3. The molecule has 0 aromatic heterocycles. The SMILES string of the molecule is CCOc1cc(OCC)c(C(=O)C(F)(F)F)cc1C(=O)Nc1cccc2c1CCN(C)C2.Cl. The largest absolute Gasteiger partial charge is 0.493 e. The first-order valence-corrected chi connectivity index (χ1v) is 10.3. The highest BCUT2D eigenvalue weighted by Gasteiger charge is 2.41. The molecule has 0 radical (unpaired) electrons. The molecule has 0 saturated carbocycles. The number of nitrogens with one attached hydrogen (secondary N) is 1. The van der Waals surface area contributed by atoms with Crippen LogP contribution in [0.2, 0.25) is 0 Å². The van der Waals surface area contributed by atoms with Crippen molar-refractivity contribution in [2.75, 3.05) is 32.1 Å². The molecular weight excluding hydrogens is 461 g/mol. The van der Waals surface area contributed by atoms with E-state index in [0.717, 1.165) is 42.8 Å². The quantitative estimate of drug-likeness (QED) is 0.564. The summed E-state index contributed by atoms with van der Waals surface area (Å²) in [6.07, 6.45) is -4.39. The van der Waals surface area contributed by atoms with E-state index in [4.69, 9.17) is 9.47 Å². The van der Waals surface area contributed by atoms with Crippen LogP contribution >= 0.6 is 12.4 Å². The molecule has 1 aliphatic heterocycles. The van der Waals surface area contributed by atoms with Crippen molar-refractivity contribution in [1.29, 1.82) is 0 Å². The number of carbonyl (C=O) groups excluding carboxylic acids is 2. The summed E-state index contributed by atoms with van der Waals surface area (Å²) < 4.78 is 50.2. The van der Waals surface area contributed by atoms with Gasteiger partial charge in [-0.05, 0) is 50.6 Å². The Balaban J connectivity index is 0.00000385. The van der Waals surface area contributed by atoms with Crippen LogP contribution in [-0.2, 0) is 13.0 Å². The van der Waals surface area contributed by atoms with Crippen LogP contribution in [-0.4, -0.2) is 49.6 Å². The lowest BCUT2D eigenvalue weighted by Crippen LogP contribution is -2.28. The van der Waals surface area contributed by atoms with E-state index >= 15 is 0 Å². The van der Waals surface area contributed by atoms with E-state index in [9.17, 15) is 22.8 Å². The fourth-order valence-corrected chi connectivity index (χ4v) is 3.68. The second-order valence-corrected chi connectivity index (χ2v) is 7.42. The maximum Gasteiger partial charge on any atom is 0.455 e. The Bertz CT molecular complexity index is 1030. The summed E-state index contributed by atoms with van der Waals surface area (Å²) in [6, 6.07) is 7.59. The zero-order chi connectivity index (χ0) is 23.5. The van der Waals surface area contributed by atoms with Crippen molar-refractivity contribution in [2.24, 2.45) is 0 Å². The van der Waals surface area contributed by atoms with Gasteiger partial charge in [-0.1, -0.05) is 12.1 Å². The van der Waals surface area contributed by atoms with E-state index in [1.54, 1.807) is 19.9 Å². The van der Waals surface area contributed by atoms with Crippen LogP contribution in [0.25, 0.3) is 0 Å². The number of fused-ring (bicyclic) bond motifs is 1. The fourth-order valence-electron chi connectivity index (χ4n) is 3.68.